The Kier molecular flexibility index (Phi) is 4.57. The molecule has 2 fully saturated rings. The number of hydrogen-bond donors (Lipinski definition) is 1. The molecule has 0 aliphatic carbocycles. The van der Waals surface area contributed by atoms with E-state index in [0.29, 0.717) is 41.8 Å². The van der Waals surface area contributed by atoms with E-state index in [1.807, 2.05) is 0 Å². The molecule has 1 aromatic heterocycles. The topological polar surface area (TPSA) is 49.4 Å². The number of nitrogens with zero attached hydrogens (tertiary/aromatic N) is 1. The summed E-state index contributed by atoms with van der Waals surface area (Å²) in [5.41, 5.74) is -0.601. The summed E-state index contributed by atoms with van der Waals surface area (Å²) in [5, 5.41) is 3.73. The lowest BCUT2D eigenvalue weighted by molar-refractivity contribution is -0.137. The van der Waals surface area contributed by atoms with Gasteiger partial charge in [0, 0.05) is 29.6 Å². The van der Waals surface area contributed by atoms with Crippen LogP contribution in [0.25, 0.3) is 21.2 Å². The number of rotatable bonds is 2. The van der Waals surface area contributed by atoms with E-state index in [-0.39, 0.29) is 27.9 Å². The van der Waals surface area contributed by atoms with Crippen LogP contribution in [0.2, 0.25) is 5.02 Å². The molecular formula is C22H16ClF3N2O2S. The van der Waals surface area contributed by atoms with Crippen LogP contribution in [0, 0.1) is 0 Å². The highest BCUT2D eigenvalue weighted by Gasteiger charge is 2.49. The fourth-order valence-corrected chi connectivity index (χ4v) is 5.79. The third-order valence-corrected chi connectivity index (χ3v) is 7.54. The summed E-state index contributed by atoms with van der Waals surface area (Å²) in [4.78, 5) is 26.5. The van der Waals surface area contributed by atoms with E-state index >= 15 is 0 Å². The smallest absolute Gasteiger partial charge is 0.347 e. The SMILES string of the molecule is O=C1CCC2(CN(C(=O)c3sc4ccc(-c5ccccc5C(F)(F)F)cc4c3Cl)C2)N1. The van der Waals surface area contributed by atoms with Crippen LogP contribution < -0.4 is 5.32 Å². The molecule has 9 heteroatoms. The summed E-state index contributed by atoms with van der Waals surface area (Å²) in [6.45, 7) is 0.874. The number of likely N-dealkylation sites (tertiary alicyclic amines) is 1. The van der Waals surface area contributed by atoms with E-state index in [4.69, 9.17) is 11.6 Å². The van der Waals surface area contributed by atoms with E-state index < -0.39 is 11.7 Å². The van der Waals surface area contributed by atoms with Crippen molar-refractivity contribution in [2.45, 2.75) is 24.6 Å². The molecule has 0 unspecified atom stereocenters. The molecule has 1 N–H and O–H groups in total. The number of thiophene rings is 1. The third-order valence-electron chi connectivity index (χ3n) is 5.87. The summed E-state index contributed by atoms with van der Waals surface area (Å²) in [5.74, 6) is -0.228. The molecule has 0 bridgehead atoms. The van der Waals surface area contributed by atoms with E-state index in [0.717, 1.165) is 10.8 Å². The molecular weight excluding hydrogens is 449 g/mol. The van der Waals surface area contributed by atoms with Crippen molar-refractivity contribution in [1.29, 1.82) is 0 Å². The van der Waals surface area contributed by atoms with Crippen molar-refractivity contribution < 1.29 is 22.8 Å². The lowest BCUT2D eigenvalue weighted by Gasteiger charge is -2.47. The summed E-state index contributed by atoms with van der Waals surface area (Å²) in [6.07, 6.45) is -3.31. The number of carbonyl (C=O) groups is 2. The summed E-state index contributed by atoms with van der Waals surface area (Å²) >= 11 is 7.73. The molecule has 4 nitrogen and oxygen atoms in total. The zero-order valence-electron chi connectivity index (χ0n) is 16.1. The Hall–Kier alpha value is -2.58. The molecule has 3 aromatic rings. The van der Waals surface area contributed by atoms with Crippen LogP contribution >= 0.6 is 22.9 Å². The van der Waals surface area contributed by atoms with Gasteiger partial charge in [-0.25, -0.2) is 0 Å². The van der Waals surface area contributed by atoms with Crippen molar-refractivity contribution in [3.05, 3.63) is 57.9 Å². The number of fused-ring (bicyclic) bond motifs is 1. The van der Waals surface area contributed by atoms with Crippen molar-refractivity contribution in [2.24, 2.45) is 0 Å². The minimum Gasteiger partial charge on any atom is -0.347 e. The van der Waals surface area contributed by atoms with Gasteiger partial charge < -0.3 is 10.2 Å². The number of benzene rings is 2. The van der Waals surface area contributed by atoms with Gasteiger partial charge in [-0.15, -0.1) is 11.3 Å². The van der Waals surface area contributed by atoms with Crippen molar-refractivity contribution in [1.82, 2.24) is 10.2 Å². The van der Waals surface area contributed by atoms with E-state index in [1.54, 1.807) is 29.2 Å². The second-order valence-corrected chi connectivity index (χ2v) is 9.42. The maximum Gasteiger partial charge on any atom is 0.417 e. The molecule has 2 aliphatic rings. The van der Waals surface area contributed by atoms with Gasteiger partial charge in [0.05, 0.1) is 16.1 Å². The van der Waals surface area contributed by atoms with Gasteiger partial charge in [-0.05, 0) is 35.7 Å². The molecule has 1 spiro atoms. The van der Waals surface area contributed by atoms with Crippen molar-refractivity contribution in [2.75, 3.05) is 13.1 Å². The van der Waals surface area contributed by atoms with Crippen LogP contribution in [0.15, 0.2) is 42.5 Å². The quantitative estimate of drug-likeness (QED) is 0.556. The Morgan fingerprint density at radius 1 is 1.16 bits per heavy atom. The van der Waals surface area contributed by atoms with Gasteiger partial charge in [-0.3, -0.25) is 9.59 Å². The average molecular weight is 465 g/mol. The molecule has 31 heavy (non-hydrogen) atoms. The summed E-state index contributed by atoms with van der Waals surface area (Å²) in [7, 11) is 0. The Labute approximate surface area is 184 Å². The number of alkyl halides is 3. The van der Waals surface area contributed by atoms with Gasteiger partial charge in [0.1, 0.15) is 4.88 Å². The number of halogens is 4. The number of amides is 2. The van der Waals surface area contributed by atoms with Crippen LogP contribution in [0.1, 0.15) is 28.1 Å². The van der Waals surface area contributed by atoms with Gasteiger partial charge >= 0.3 is 6.18 Å². The lowest BCUT2D eigenvalue weighted by atomic mass is 9.88. The maximum atomic E-state index is 13.4. The number of hydrogen-bond acceptors (Lipinski definition) is 3. The van der Waals surface area contributed by atoms with E-state index in [2.05, 4.69) is 5.32 Å². The Bertz CT molecular complexity index is 1230. The molecule has 3 heterocycles. The Morgan fingerprint density at radius 3 is 2.58 bits per heavy atom. The molecule has 2 aromatic carbocycles. The molecule has 0 atom stereocenters. The standard InChI is InChI=1S/C22H16ClF3N2O2S/c23-18-14-9-12(13-3-1-2-4-15(13)22(24,25)26)5-6-16(14)31-19(18)20(30)28-10-21(11-28)8-7-17(29)27-21/h1-6,9H,7-8,10-11H2,(H,27,29). The predicted molar refractivity (Wildman–Crippen MR) is 113 cm³/mol. The zero-order valence-corrected chi connectivity index (χ0v) is 17.6. The third kappa shape index (κ3) is 3.38. The first-order chi connectivity index (χ1) is 14.7. The van der Waals surface area contributed by atoms with Crippen molar-refractivity contribution in [3.63, 3.8) is 0 Å². The van der Waals surface area contributed by atoms with Gasteiger partial charge in [0.2, 0.25) is 5.91 Å². The second-order valence-electron chi connectivity index (χ2n) is 7.99. The van der Waals surface area contributed by atoms with Crippen LogP contribution in [0.4, 0.5) is 13.2 Å². The first-order valence-electron chi connectivity index (χ1n) is 9.66. The molecule has 0 saturated carbocycles. The monoisotopic (exact) mass is 464 g/mol. The van der Waals surface area contributed by atoms with E-state index in [1.165, 1.54) is 23.5 Å². The van der Waals surface area contributed by atoms with Crippen LogP contribution in [0.5, 0.6) is 0 Å². The highest BCUT2D eigenvalue weighted by atomic mass is 35.5. The fourth-order valence-electron chi connectivity index (χ4n) is 4.34. The maximum absolute atomic E-state index is 13.4. The average Bonchev–Trinajstić information content (AvgIpc) is 3.26. The van der Waals surface area contributed by atoms with Gasteiger partial charge in [-0.2, -0.15) is 13.2 Å². The lowest BCUT2D eigenvalue weighted by Crippen LogP contribution is -2.68. The minimum atomic E-state index is -4.48. The largest absolute Gasteiger partial charge is 0.417 e. The Morgan fingerprint density at radius 2 is 1.90 bits per heavy atom. The van der Waals surface area contributed by atoms with Crippen LogP contribution in [0.3, 0.4) is 0 Å². The molecule has 160 valence electrons. The number of nitrogens with one attached hydrogen (secondary N) is 1. The highest BCUT2D eigenvalue weighted by molar-refractivity contribution is 7.21. The molecule has 0 radical (unpaired) electrons. The summed E-state index contributed by atoms with van der Waals surface area (Å²) < 4.78 is 41.0. The normalized spacial score (nSPS) is 17.8. The Balaban J connectivity index is 1.47. The van der Waals surface area contributed by atoms with Gasteiger partial charge in [0.15, 0.2) is 0 Å². The predicted octanol–water partition coefficient (Wildman–Crippen LogP) is 5.35. The van der Waals surface area contributed by atoms with Gasteiger partial charge in [-0.1, -0.05) is 35.9 Å². The molecule has 2 aliphatic heterocycles. The van der Waals surface area contributed by atoms with Crippen molar-refractivity contribution in [3.8, 4) is 11.1 Å². The first-order valence-corrected chi connectivity index (χ1v) is 10.9. The van der Waals surface area contributed by atoms with Crippen LogP contribution in [-0.4, -0.2) is 35.3 Å². The molecule has 2 saturated heterocycles. The summed E-state index contributed by atoms with van der Waals surface area (Å²) in [6, 6.07) is 10.3. The zero-order chi connectivity index (χ0) is 22.0. The van der Waals surface area contributed by atoms with E-state index in [9.17, 15) is 22.8 Å². The second kappa shape index (κ2) is 6.97. The number of carbonyl (C=O) groups excluding carboxylic acids is 2. The first kappa shape index (κ1) is 20.3. The van der Waals surface area contributed by atoms with Crippen molar-refractivity contribution >= 4 is 44.8 Å². The molecule has 5 rings (SSSR count). The van der Waals surface area contributed by atoms with Crippen LogP contribution in [-0.2, 0) is 11.0 Å². The van der Waals surface area contributed by atoms with Gasteiger partial charge in [0.25, 0.3) is 5.91 Å². The minimum absolute atomic E-state index is 0.00124. The molecule has 2 amide bonds. The highest BCUT2D eigenvalue weighted by Crippen LogP contribution is 2.42. The fraction of sp³-hybridized carbons (Fsp3) is 0.273.